The Balaban J connectivity index is 0.000000236. The molecule has 0 heterocycles. The molecule has 0 aliphatic rings. The highest BCUT2D eigenvalue weighted by molar-refractivity contribution is 5.46. The Morgan fingerprint density at radius 3 is 1.90 bits per heavy atom. The van der Waals surface area contributed by atoms with Gasteiger partial charge < -0.3 is 5.73 Å². The van der Waals surface area contributed by atoms with E-state index in [0.29, 0.717) is 0 Å². The van der Waals surface area contributed by atoms with Crippen molar-refractivity contribution in [1.29, 1.82) is 5.41 Å². The topological polar surface area (TPSA) is 49.9 Å². The molecule has 0 aromatic heterocycles. The largest absolute Gasteiger partial charge is 0.390 e. The highest BCUT2D eigenvalue weighted by atomic mass is 19.1. The lowest BCUT2D eigenvalue weighted by Gasteiger charge is -1.78. The van der Waals surface area contributed by atoms with Gasteiger partial charge in [0.1, 0.15) is 5.82 Å². The summed E-state index contributed by atoms with van der Waals surface area (Å²) in [4.78, 5) is 0. The van der Waals surface area contributed by atoms with Gasteiger partial charge in [-0.15, -0.1) is 0 Å². The van der Waals surface area contributed by atoms with Crippen molar-refractivity contribution in [2.24, 2.45) is 5.73 Å². The maximum Gasteiger partial charge on any atom is 0.123 e. The molecule has 0 bridgehead atoms. The molecule has 0 amide bonds. The third kappa shape index (κ3) is 4.77. The van der Waals surface area contributed by atoms with E-state index in [9.17, 15) is 4.39 Å². The Morgan fingerprint density at radius 1 is 1.30 bits per heavy atom. The van der Waals surface area contributed by atoms with Crippen LogP contribution in [0.4, 0.5) is 4.39 Å². The van der Waals surface area contributed by atoms with Crippen LogP contribution in [0.15, 0.2) is 30.3 Å². The number of halogens is 1. The quantitative estimate of drug-likeness (QED) is 0.415. The van der Waals surface area contributed by atoms with Crippen LogP contribution in [0, 0.1) is 11.2 Å². The molecule has 10 heavy (non-hydrogen) atoms. The standard InChI is InChI=1S/C6H5F.CH4N2/c7-6-4-2-1-3-5-6;2-1-3/h1-5H;1H,(H3,2,3). The molecule has 0 spiro atoms. The van der Waals surface area contributed by atoms with Crippen molar-refractivity contribution < 1.29 is 4.39 Å². The molecule has 3 heteroatoms. The normalized spacial score (nSPS) is 7.30. The molecule has 3 N–H and O–H groups in total. The minimum atomic E-state index is -0.178. The molecule has 0 unspecified atom stereocenters. The molecule has 0 aliphatic heterocycles. The molecule has 0 saturated heterocycles. The van der Waals surface area contributed by atoms with Gasteiger partial charge in [0.2, 0.25) is 0 Å². The zero-order valence-electron chi connectivity index (χ0n) is 5.42. The first-order chi connectivity index (χ1) is 4.81. The smallest absolute Gasteiger partial charge is 0.123 e. The van der Waals surface area contributed by atoms with Crippen molar-refractivity contribution in [3.63, 3.8) is 0 Å². The number of rotatable bonds is 0. The molecule has 0 radical (unpaired) electrons. The van der Waals surface area contributed by atoms with E-state index in [2.05, 4.69) is 5.73 Å². The highest BCUT2D eigenvalue weighted by Gasteiger charge is 1.77. The van der Waals surface area contributed by atoms with Crippen molar-refractivity contribution in [1.82, 2.24) is 0 Å². The van der Waals surface area contributed by atoms with E-state index < -0.39 is 0 Å². The SMILES string of the molecule is Fc1ccccc1.N=CN. The van der Waals surface area contributed by atoms with E-state index in [0.717, 1.165) is 6.34 Å². The second-order valence-electron chi connectivity index (χ2n) is 1.46. The number of benzene rings is 1. The van der Waals surface area contributed by atoms with E-state index in [1.165, 1.54) is 12.1 Å². The number of hydrogen-bond donors (Lipinski definition) is 2. The fourth-order valence-corrected chi connectivity index (χ4v) is 0.415. The van der Waals surface area contributed by atoms with Gasteiger partial charge in [0.25, 0.3) is 0 Å². The Hall–Kier alpha value is -1.38. The second kappa shape index (κ2) is 5.75. The molecule has 0 atom stereocenters. The van der Waals surface area contributed by atoms with Gasteiger partial charge in [0.05, 0.1) is 6.34 Å². The molecule has 1 aromatic rings. The number of nitrogens with two attached hydrogens (primary N) is 1. The predicted molar refractivity (Wildman–Crippen MR) is 39.4 cm³/mol. The first-order valence-corrected chi connectivity index (χ1v) is 2.72. The fourth-order valence-electron chi connectivity index (χ4n) is 0.415. The highest BCUT2D eigenvalue weighted by Crippen LogP contribution is 1.91. The summed E-state index contributed by atoms with van der Waals surface area (Å²) in [5.74, 6) is -0.178. The van der Waals surface area contributed by atoms with Gasteiger partial charge in [-0.3, -0.25) is 5.41 Å². The third-order valence-corrected chi connectivity index (χ3v) is 0.733. The second-order valence-corrected chi connectivity index (χ2v) is 1.46. The lowest BCUT2D eigenvalue weighted by molar-refractivity contribution is 0.628. The molecule has 1 rings (SSSR count). The Labute approximate surface area is 59.0 Å². The van der Waals surface area contributed by atoms with Gasteiger partial charge in [-0.2, -0.15) is 0 Å². The van der Waals surface area contributed by atoms with Crippen LogP contribution in [0.1, 0.15) is 0 Å². The summed E-state index contributed by atoms with van der Waals surface area (Å²) in [6, 6.07) is 7.94. The van der Waals surface area contributed by atoms with Gasteiger partial charge >= 0.3 is 0 Å². The molecule has 0 fully saturated rings. The number of nitrogens with one attached hydrogen (secondary N) is 1. The van der Waals surface area contributed by atoms with Gasteiger partial charge in [-0.1, -0.05) is 18.2 Å². The zero-order valence-corrected chi connectivity index (χ0v) is 5.42. The lowest BCUT2D eigenvalue weighted by atomic mass is 10.4. The summed E-state index contributed by atoms with van der Waals surface area (Å²) >= 11 is 0. The first-order valence-electron chi connectivity index (χ1n) is 2.72. The summed E-state index contributed by atoms with van der Waals surface area (Å²) in [5, 5.41) is 5.86. The van der Waals surface area contributed by atoms with E-state index in [4.69, 9.17) is 5.41 Å². The van der Waals surface area contributed by atoms with Crippen LogP contribution in [0.25, 0.3) is 0 Å². The molecule has 1 aromatic carbocycles. The van der Waals surface area contributed by atoms with Crippen LogP contribution in [-0.2, 0) is 0 Å². The van der Waals surface area contributed by atoms with Crippen molar-refractivity contribution in [3.8, 4) is 0 Å². The van der Waals surface area contributed by atoms with Crippen molar-refractivity contribution in [3.05, 3.63) is 36.1 Å². The molecule has 54 valence electrons. The van der Waals surface area contributed by atoms with E-state index in [1.54, 1.807) is 18.2 Å². The monoisotopic (exact) mass is 140 g/mol. The van der Waals surface area contributed by atoms with Crippen LogP contribution in [0.3, 0.4) is 0 Å². The maximum absolute atomic E-state index is 11.9. The summed E-state index contributed by atoms with van der Waals surface area (Å²) in [7, 11) is 0. The van der Waals surface area contributed by atoms with Crippen LogP contribution in [-0.4, -0.2) is 6.34 Å². The molecular formula is C7H9FN2. The lowest BCUT2D eigenvalue weighted by Crippen LogP contribution is -1.81. The third-order valence-electron chi connectivity index (χ3n) is 0.733. The van der Waals surface area contributed by atoms with Crippen molar-refractivity contribution in [2.45, 2.75) is 0 Å². The van der Waals surface area contributed by atoms with Crippen molar-refractivity contribution in [2.75, 3.05) is 0 Å². The van der Waals surface area contributed by atoms with Crippen LogP contribution < -0.4 is 5.73 Å². The Morgan fingerprint density at radius 2 is 1.70 bits per heavy atom. The maximum atomic E-state index is 11.9. The molecule has 2 nitrogen and oxygen atoms in total. The summed E-state index contributed by atoms with van der Waals surface area (Å²) < 4.78 is 11.9. The van der Waals surface area contributed by atoms with Gasteiger partial charge in [0, 0.05) is 0 Å². The summed E-state index contributed by atoms with van der Waals surface area (Å²) in [6.45, 7) is 0. The predicted octanol–water partition coefficient (Wildman–Crippen LogP) is 1.38. The Kier molecular flexibility index (Phi) is 4.96. The van der Waals surface area contributed by atoms with E-state index in [-0.39, 0.29) is 5.82 Å². The fraction of sp³-hybridized carbons (Fsp3) is 0. The van der Waals surface area contributed by atoms with E-state index >= 15 is 0 Å². The van der Waals surface area contributed by atoms with Gasteiger partial charge in [0.15, 0.2) is 0 Å². The van der Waals surface area contributed by atoms with Crippen LogP contribution in [0.2, 0.25) is 0 Å². The summed E-state index contributed by atoms with van der Waals surface area (Å²) in [6.07, 6.45) is 0.750. The van der Waals surface area contributed by atoms with E-state index in [1.807, 2.05) is 0 Å². The summed E-state index contributed by atoms with van der Waals surface area (Å²) in [5.41, 5.74) is 4.39. The molecular weight excluding hydrogens is 131 g/mol. The van der Waals surface area contributed by atoms with Crippen LogP contribution in [0.5, 0.6) is 0 Å². The first kappa shape index (κ1) is 8.62. The van der Waals surface area contributed by atoms with Crippen LogP contribution >= 0.6 is 0 Å². The van der Waals surface area contributed by atoms with Crippen molar-refractivity contribution >= 4 is 6.34 Å². The zero-order chi connectivity index (χ0) is 7.82. The number of hydrogen-bond acceptors (Lipinski definition) is 1. The average Bonchev–Trinajstić information content (AvgIpc) is 1.91. The van der Waals surface area contributed by atoms with Gasteiger partial charge in [-0.25, -0.2) is 4.39 Å². The van der Waals surface area contributed by atoms with Gasteiger partial charge in [-0.05, 0) is 12.1 Å². The average molecular weight is 140 g/mol. The molecule has 0 aliphatic carbocycles. The Bertz CT molecular complexity index is 174. The minimum absolute atomic E-state index is 0.178. The minimum Gasteiger partial charge on any atom is -0.390 e. The molecule has 0 saturated carbocycles.